The molecule has 0 spiro atoms. The van der Waals surface area contributed by atoms with Crippen molar-refractivity contribution in [3.63, 3.8) is 0 Å². The molecule has 1 heterocycles. The van der Waals surface area contributed by atoms with Gasteiger partial charge in [0.2, 0.25) is 5.76 Å². The number of carboxylic acid groups (broad SMARTS) is 1. The van der Waals surface area contributed by atoms with Gasteiger partial charge in [0.05, 0.1) is 13.2 Å². The molecule has 0 aliphatic rings. The fourth-order valence-electron chi connectivity index (χ4n) is 1.11. The molecule has 1 rings (SSSR count). The van der Waals surface area contributed by atoms with Gasteiger partial charge in [-0.3, -0.25) is 0 Å². The Bertz CT molecular complexity index is 318. The van der Waals surface area contributed by atoms with Crippen molar-refractivity contribution in [2.45, 2.75) is 20.0 Å². The summed E-state index contributed by atoms with van der Waals surface area (Å²) in [5.74, 6) is -0.633. The van der Waals surface area contributed by atoms with Gasteiger partial charge in [-0.25, -0.2) is 4.79 Å². The second kappa shape index (κ2) is 7.03. The van der Waals surface area contributed by atoms with E-state index in [0.717, 1.165) is 13.0 Å². The van der Waals surface area contributed by atoms with Gasteiger partial charge < -0.3 is 19.0 Å². The Morgan fingerprint density at radius 2 is 2.06 bits per heavy atom. The van der Waals surface area contributed by atoms with E-state index in [4.69, 9.17) is 19.0 Å². The quantitative estimate of drug-likeness (QED) is 0.688. The average molecular weight is 228 g/mol. The summed E-state index contributed by atoms with van der Waals surface area (Å²) in [5, 5.41) is 8.61. The number of hydrogen-bond acceptors (Lipinski definition) is 4. The number of furan rings is 1. The van der Waals surface area contributed by atoms with Crippen LogP contribution in [0.15, 0.2) is 16.5 Å². The van der Waals surface area contributed by atoms with E-state index in [1.165, 1.54) is 6.07 Å². The third-order valence-corrected chi connectivity index (χ3v) is 1.84. The number of aromatic carboxylic acids is 1. The highest BCUT2D eigenvalue weighted by molar-refractivity contribution is 5.84. The topological polar surface area (TPSA) is 68.9 Å². The number of hydrogen-bond donors (Lipinski definition) is 1. The van der Waals surface area contributed by atoms with E-state index in [-0.39, 0.29) is 12.4 Å². The predicted molar refractivity (Wildman–Crippen MR) is 56.4 cm³/mol. The van der Waals surface area contributed by atoms with Gasteiger partial charge in [0, 0.05) is 6.61 Å². The second-order valence-corrected chi connectivity index (χ2v) is 3.24. The standard InChI is InChI=1S/C11H16O5/c1-2-5-14-6-7-15-8-9-3-4-10(16-9)11(12)13/h3-4H,2,5-8H2,1H3,(H,12,13). The second-order valence-electron chi connectivity index (χ2n) is 3.24. The summed E-state index contributed by atoms with van der Waals surface area (Å²) in [7, 11) is 0. The van der Waals surface area contributed by atoms with Crippen LogP contribution in [0.5, 0.6) is 0 Å². The van der Waals surface area contributed by atoms with Crippen LogP contribution in [0.25, 0.3) is 0 Å². The molecule has 5 heteroatoms. The molecule has 0 unspecified atom stereocenters. The lowest BCUT2D eigenvalue weighted by atomic mass is 10.4. The maximum Gasteiger partial charge on any atom is 0.371 e. The molecule has 1 aromatic heterocycles. The summed E-state index contributed by atoms with van der Waals surface area (Å²) in [4.78, 5) is 10.5. The van der Waals surface area contributed by atoms with Gasteiger partial charge in [-0.15, -0.1) is 0 Å². The number of carboxylic acids is 1. The molecule has 0 aliphatic heterocycles. The van der Waals surface area contributed by atoms with E-state index < -0.39 is 5.97 Å². The van der Waals surface area contributed by atoms with Crippen LogP contribution in [0.4, 0.5) is 0 Å². The van der Waals surface area contributed by atoms with Crippen molar-refractivity contribution >= 4 is 5.97 Å². The average Bonchev–Trinajstić information content (AvgIpc) is 2.72. The summed E-state index contributed by atoms with van der Waals surface area (Å²) in [6.45, 7) is 4.05. The minimum absolute atomic E-state index is 0.0687. The molecule has 1 aromatic rings. The van der Waals surface area contributed by atoms with Crippen LogP contribution in [0.2, 0.25) is 0 Å². The van der Waals surface area contributed by atoms with Crippen molar-refractivity contribution in [1.82, 2.24) is 0 Å². The monoisotopic (exact) mass is 228 g/mol. The molecular formula is C11H16O5. The van der Waals surface area contributed by atoms with Crippen LogP contribution >= 0.6 is 0 Å². The molecule has 0 saturated carbocycles. The highest BCUT2D eigenvalue weighted by atomic mass is 16.5. The third-order valence-electron chi connectivity index (χ3n) is 1.84. The molecule has 0 fully saturated rings. The van der Waals surface area contributed by atoms with E-state index in [2.05, 4.69) is 0 Å². The summed E-state index contributed by atoms with van der Waals surface area (Å²) in [5.41, 5.74) is 0. The van der Waals surface area contributed by atoms with Crippen molar-refractivity contribution in [1.29, 1.82) is 0 Å². The zero-order chi connectivity index (χ0) is 11.8. The van der Waals surface area contributed by atoms with Crippen molar-refractivity contribution in [2.24, 2.45) is 0 Å². The molecule has 0 saturated heterocycles. The van der Waals surface area contributed by atoms with Gasteiger partial charge in [-0.2, -0.15) is 0 Å². The molecular weight excluding hydrogens is 212 g/mol. The van der Waals surface area contributed by atoms with Gasteiger partial charge in [-0.05, 0) is 18.6 Å². The third kappa shape index (κ3) is 4.46. The number of rotatable bonds is 8. The lowest BCUT2D eigenvalue weighted by Gasteiger charge is -2.02. The molecule has 0 atom stereocenters. The molecule has 1 N–H and O–H groups in total. The molecule has 16 heavy (non-hydrogen) atoms. The fraction of sp³-hybridized carbons (Fsp3) is 0.545. The largest absolute Gasteiger partial charge is 0.475 e. The summed E-state index contributed by atoms with van der Waals surface area (Å²) in [6, 6.07) is 3.00. The van der Waals surface area contributed by atoms with Gasteiger partial charge in [-0.1, -0.05) is 6.92 Å². The maximum atomic E-state index is 10.5. The van der Waals surface area contributed by atoms with Gasteiger partial charge in [0.1, 0.15) is 12.4 Å². The first kappa shape index (κ1) is 12.7. The lowest BCUT2D eigenvalue weighted by molar-refractivity contribution is 0.0341. The van der Waals surface area contributed by atoms with Crippen molar-refractivity contribution in [3.8, 4) is 0 Å². The van der Waals surface area contributed by atoms with Crippen LogP contribution < -0.4 is 0 Å². The molecule has 0 radical (unpaired) electrons. The van der Waals surface area contributed by atoms with Crippen LogP contribution in [0.1, 0.15) is 29.7 Å². The van der Waals surface area contributed by atoms with E-state index in [1.807, 2.05) is 6.92 Å². The molecule has 0 aromatic carbocycles. The maximum absolute atomic E-state index is 10.5. The Labute approximate surface area is 94.0 Å². The first-order chi connectivity index (χ1) is 7.74. The first-order valence-corrected chi connectivity index (χ1v) is 5.21. The Morgan fingerprint density at radius 3 is 2.69 bits per heavy atom. The smallest absolute Gasteiger partial charge is 0.371 e. The molecule has 5 nitrogen and oxygen atoms in total. The normalized spacial score (nSPS) is 10.6. The Morgan fingerprint density at radius 1 is 1.31 bits per heavy atom. The van der Waals surface area contributed by atoms with Crippen molar-refractivity contribution in [2.75, 3.05) is 19.8 Å². The van der Waals surface area contributed by atoms with E-state index >= 15 is 0 Å². The van der Waals surface area contributed by atoms with Crippen molar-refractivity contribution in [3.05, 3.63) is 23.7 Å². The summed E-state index contributed by atoms with van der Waals surface area (Å²) in [6.07, 6.45) is 0.986. The number of ether oxygens (including phenoxy) is 2. The Hall–Kier alpha value is -1.33. The van der Waals surface area contributed by atoms with Gasteiger partial charge in [0.15, 0.2) is 0 Å². The predicted octanol–water partition coefficient (Wildman–Crippen LogP) is 1.92. The highest BCUT2D eigenvalue weighted by Gasteiger charge is 2.08. The zero-order valence-electron chi connectivity index (χ0n) is 9.27. The Balaban J connectivity index is 2.14. The van der Waals surface area contributed by atoms with Crippen LogP contribution in [-0.4, -0.2) is 30.9 Å². The van der Waals surface area contributed by atoms with Crippen LogP contribution in [0.3, 0.4) is 0 Å². The lowest BCUT2D eigenvalue weighted by Crippen LogP contribution is -2.04. The summed E-state index contributed by atoms with van der Waals surface area (Å²) >= 11 is 0. The first-order valence-electron chi connectivity index (χ1n) is 5.21. The van der Waals surface area contributed by atoms with Crippen molar-refractivity contribution < 1.29 is 23.8 Å². The minimum Gasteiger partial charge on any atom is -0.475 e. The van der Waals surface area contributed by atoms with Crippen LogP contribution in [0, 0.1) is 0 Å². The van der Waals surface area contributed by atoms with Gasteiger partial charge in [0.25, 0.3) is 0 Å². The SMILES string of the molecule is CCCOCCOCc1ccc(C(=O)O)o1. The van der Waals surface area contributed by atoms with E-state index in [1.54, 1.807) is 6.07 Å². The van der Waals surface area contributed by atoms with E-state index in [0.29, 0.717) is 19.0 Å². The molecule has 0 amide bonds. The minimum atomic E-state index is -1.07. The molecule has 90 valence electrons. The molecule has 0 bridgehead atoms. The summed E-state index contributed by atoms with van der Waals surface area (Å²) < 4.78 is 15.5. The highest BCUT2D eigenvalue weighted by Crippen LogP contribution is 2.08. The zero-order valence-corrected chi connectivity index (χ0v) is 9.27. The van der Waals surface area contributed by atoms with E-state index in [9.17, 15) is 4.79 Å². The fourth-order valence-corrected chi connectivity index (χ4v) is 1.11. The number of carbonyl (C=O) groups is 1. The van der Waals surface area contributed by atoms with Crippen LogP contribution in [-0.2, 0) is 16.1 Å². The Kier molecular flexibility index (Phi) is 5.60. The molecule has 0 aliphatic carbocycles. The van der Waals surface area contributed by atoms with Gasteiger partial charge >= 0.3 is 5.97 Å².